The molecule has 2 N–H and O–H groups in total. The molecular weight excluding hydrogens is 316 g/mol. The molecule has 0 unspecified atom stereocenters. The van der Waals surface area contributed by atoms with Gasteiger partial charge in [0.15, 0.2) is 0 Å². The third-order valence-electron chi connectivity index (χ3n) is 2.77. The van der Waals surface area contributed by atoms with Gasteiger partial charge in [0.1, 0.15) is 18.2 Å². The maximum atomic E-state index is 12.3. The zero-order valence-electron chi connectivity index (χ0n) is 11.5. The van der Waals surface area contributed by atoms with Crippen molar-refractivity contribution in [1.29, 1.82) is 0 Å². The normalized spacial score (nSPS) is 10.5. The third kappa shape index (κ3) is 5.04. The predicted octanol–water partition coefficient (Wildman–Crippen LogP) is 3.12. The lowest BCUT2D eigenvalue weighted by Crippen LogP contribution is -2.10. The van der Waals surface area contributed by atoms with Crippen molar-refractivity contribution in [1.82, 2.24) is 9.55 Å². The topological polar surface area (TPSA) is 53.1 Å². The summed E-state index contributed by atoms with van der Waals surface area (Å²) in [5, 5.41) is 0. The van der Waals surface area contributed by atoms with Crippen molar-refractivity contribution in [3.8, 4) is 17.1 Å². The van der Waals surface area contributed by atoms with E-state index in [1.54, 1.807) is 6.20 Å². The molecule has 116 valence electrons. The number of rotatable bonds is 5. The fourth-order valence-corrected chi connectivity index (χ4v) is 1.66. The van der Waals surface area contributed by atoms with Crippen LogP contribution in [-0.4, -0.2) is 22.7 Å². The van der Waals surface area contributed by atoms with Crippen LogP contribution in [0.4, 0.5) is 4.39 Å². The van der Waals surface area contributed by atoms with E-state index in [4.69, 9.17) is 10.5 Å². The average Bonchev–Trinajstić information content (AvgIpc) is 2.87. The second-order valence-corrected chi connectivity index (χ2v) is 4.15. The van der Waals surface area contributed by atoms with Crippen LogP contribution in [0.25, 0.3) is 11.4 Å². The summed E-state index contributed by atoms with van der Waals surface area (Å²) in [4.78, 5) is 4.26. The summed E-state index contributed by atoms with van der Waals surface area (Å²) in [5.41, 5.74) is 6.78. The molecule has 2 rings (SSSR count). The zero-order chi connectivity index (χ0) is 13.7. The predicted molar refractivity (Wildman–Crippen MR) is 86.9 cm³/mol. The fraction of sp³-hybridized carbons (Fsp3) is 0.214. The van der Waals surface area contributed by atoms with Crippen LogP contribution in [-0.2, 0) is 7.05 Å². The van der Waals surface area contributed by atoms with Crippen molar-refractivity contribution < 1.29 is 9.13 Å². The van der Waals surface area contributed by atoms with Gasteiger partial charge in [-0.3, -0.25) is 0 Å². The molecule has 0 saturated carbocycles. The number of benzene rings is 1. The quantitative estimate of drug-likeness (QED) is 0.914. The number of hydrogen-bond acceptors (Lipinski definition) is 3. The van der Waals surface area contributed by atoms with Crippen molar-refractivity contribution in [3.63, 3.8) is 0 Å². The van der Waals surface area contributed by atoms with E-state index in [-0.39, 0.29) is 38.0 Å². The molecule has 0 amide bonds. The monoisotopic (exact) mass is 333 g/mol. The summed E-state index contributed by atoms with van der Waals surface area (Å²) >= 11 is 0. The first-order valence-corrected chi connectivity index (χ1v) is 5.93. The Kier molecular flexibility index (Phi) is 8.69. The minimum atomic E-state index is 0. The molecule has 1 heterocycles. The van der Waals surface area contributed by atoms with Gasteiger partial charge in [-0.1, -0.05) is 0 Å². The molecule has 0 aliphatic rings. The molecule has 4 nitrogen and oxygen atoms in total. The Morgan fingerprint density at radius 1 is 1.33 bits per heavy atom. The number of nitrogens with two attached hydrogens (primary N) is 1. The number of hydrogen-bond donors (Lipinski definition) is 1. The van der Waals surface area contributed by atoms with E-state index in [2.05, 4.69) is 4.98 Å². The average molecular weight is 334 g/mol. The Labute approximate surface area is 135 Å². The Hall–Kier alpha value is -1.56. The van der Waals surface area contributed by atoms with Crippen molar-refractivity contribution >= 4 is 24.8 Å². The Balaban J connectivity index is 0.00000200. The zero-order valence-corrected chi connectivity index (χ0v) is 13.2. The molecule has 0 spiro atoms. The highest BCUT2D eigenvalue weighted by molar-refractivity contribution is 5.85. The smallest absolute Gasteiger partial charge is 0.139 e. The van der Waals surface area contributed by atoms with Gasteiger partial charge >= 0.3 is 0 Å². The Morgan fingerprint density at radius 3 is 2.48 bits per heavy atom. The van der Waals surface area contributed by atoms with Gasteiger partial charge < -0.3 is 15.0 Å². The largest absolute Gasteiger partial charge is 0.489 e. The third-order valence-corrected chi connectivity index (χ3v) is 2.77. The Bertz CT molecular complexity index is 570. The van der Waals surface area contributed by atoms with Crippen LogP contribution in [0.5, 0.6) is 5.75 Å². The fourth-order valence-electron chi connectivity index (χ4n) is 1.66. The van der Waals surface area contributed by atoms with Gasteiger partial charge in [-0.2, -0.15) is 0 Å². The van der Waals surface area contributed by atoms with Crippen LogP contribution in [0, 0.1) is 0 Å². The van der Waals surface area contributed by atoms with E-state index in [1.807, 2.05) is 42.1 Å². The summed E-state index contributed by atoms with van der Waals surface area (Å²) in [5.74, 6) is 1.56. The van der Waals surface area contributed by atoms with Gasteiger partial charge in [-0.05, 0) is 24.3 Å². The summed E-state index contributed by atoms with van der Waals surface area (Å²) in [6, 6.07) is 7.49. The number of imidazole rings is 1. The first-order chi connectivity index (χ1) is 9.24. The molecule has 1 aromatic carbocycles. The molecule has 7 heteroatoms. The summed E-state index contributed by atoms with van der Waals surface area (Å²) in [6.45, 7) is 0.316. The number of nitrogens with zero attached hydrogens (tertiary/aromatic N) is 2. The lowest BCUT2D eigenvalue weighted by atomic mass is 10.2. The minimum Gasteiger partial charge on any atom is -0.489 e. The van der Waals surface area contributed by atoms with Crippen molar-refractivity contribution in [2.24, 2.45) is 12.8 Å². The van der Waals surface area contributed by atoms with E-state index >= 15 is 0 Å². The highest BCUT2D eigenvalue weighted by atomic mass is 35.5. The summed E-state index contributed by atoms with van der Waals surface area (Å²) in [7, 11) is 1.94. The molecule has 0 atom stereocenters. The van der Waals surface area contributed by atoms with Gasteiger partial charge in [0, 0.05) is 37.1 Å². The number of aryl methyl sites for hydroxylation is 1. The number of ether oxygens (including phenoxy) is 1. The highest BCUT2D eigenvalue weighted by Crippen LogP contribution is 2.20. The summed E-state index contributed by atoms with van der Waals surface area (Å²) < 4.78 is 19.7. The van der Waals surface area contributed by atoms with Crippen LogP contribution in [0.3, 0.4) is 0 Å². The van der Waals surface area contributed by atoms with Crippen molar-refractivity contribution in [3.05, 3.63) is 48.6 Å². The van der Waals surface area contributed by atoms with Gasteiger partial charge in [0.25, 0.3) is 0 Å². The van der Waals surface area contributed by atoms with E-state index in [0.717, 1.165) is 11.4 Å². The number of halogens is 3. The molecular formula is C14H18Cl2FN3O. The standard InChI is InChI=1S/C14H16FN3O.2ClH/c1-18-7-6-17-14(18)12-2-4-13(5-3-12)19-10-11(8-15)9-16;;/h2-8H,9-10,16H2,1H3;2*1H/b11-8-;;. The highest BCUT2D eigenvalue weighted by Gasteiger charge is 2.03. The van der Waals surface area contributed by atoms with Gasteiger partial charge in [-0.25, -0.2) is 9.37 Å². The minimum absolute atomic E-state index is 0. The van der Waals surface area contributed by atoms with E-state index in [9.17, 15) is 4.39 Å². The van der Waals surface area contributed by atoms with E-state index < -0.39 is 0 Å². The van der Waals surface area contributed by atoms with Crippen LogP contribution in [0.1, 0.15) is 0 Å². The van der Waals surface area contributed by atoms with Crippen LogP contribution in [0.2, 0.25) is 0 Å². The molecule has 21 heavy (non-hydrogen) atoms. The summed E-state index contributed by atoms with van der Waals surface area (Å²) in [6.07, 6.45) is 4.13. The molecule has 0 saturated heterocycles. The lowest BCUT2D eigenvalue weighted by molar-refractivity contribution is 0.347. The molecule has 1 aromatic heterocycles. The molecule has 2 aromatic rings. The maximum absolute atomic E-state index is 12.3. The second-order valence-electron chi connectivity index (χ2n) is 4.15. The van der Waals surface area contributed by atoms with Crippen LogP contribution < -0.4 is 10.5 Å². The SMILES string of the molecule is Cl.Cl.Cn1ccnc1-c1ccc(OC/C(=C\F)CN)cc1. The molecule has 0 fully saturated rings. The first-order valence-electron chi connectivity index (χ1n) is 5.93. The molecule has 0 aliphatic carbocycles. The second kappa shape index (κ2) is 9.39. The number of aromatic nitrogens is 2. The lowest BCUT2D eigenvalue weighted by Gasteiger charge is -2.08. The maximum Gasteiger partial charge on any atom is 0.139 e. The Morgan fingerprint density at radius 2 is 2.00 bits per heavy atom. The van der Waals surface area contributed by atoms with E-state index in [0.29, 0.717) is 17.7 Å². The first kappa shape index (κ1) is 19.4. The van der Waals surface area contributed by atoms with Gasteiger partial charge in [-0.15, -0.1) is 24.8 Å². The van der Waals surface area contributed by atoms with Crippen molar-refractivity contribution in [2.75, 3.05) is 13.2 Å². The van der Waals surface area contributed by atoms with Crippen molar-refractivity contribution in [2.45, 2.75) is 0 Å². The molecule has 0 aliphatic heterocycles. The van der Waals surface area contributed by atoms with Gasteiger partial charge in [0.05, 0.1) is 6.33 Å². The van der Waals surface area contributed by atoms with Crippen LogP contribution in [0.15, 0.2) is 48.6 Å². The van der Waals surface area contributed by atoms with E-state index in [1.165, 1.54) is 0 Å². The van der Waals surface area contributed by atoms with Crippen LogP contribution >= 0.6 is 24.8 Å². The van der Waals surface area contributed by atoms with Gasteiger partial charge in [0.2, 0.25) is 0 Å². The molecule has 0 bridgehead atoms. The molecule has 0 radical (unpaired) electrons.